The Bertz CT molecular complexity index is 469. The third kappa shape index (κ3) is 17.9. The standard InChI is InChI=1S/C15H24O.Na.H2O4S/c1-2-3-4-5-6-7-8-11-14-12-9-10-13-15(14)16;;1-5(2,3)4/h9-10,12-13,16H,2-8,11H2,1H3;;(H2,1,2,3,4)/q;+1;/p-1. The van der Waals surface area contributed by atoms with Gasteiger partial charge >= 0.3 is 40.0 Å². The maximum absolute atomic E-state index is 11.4. The van der Waals surface area contributed by atoms with Crippen molar-refractivity contribution in [2.24, 2.45) is 0 Å². The Morgan fingerprint density at radius 3 is 1.91 bits per heavy atom. The first kappa shape index (κ1) is 24.1. The number of unbranched alkanes of at least 4 members (excludes halogenated alkanes) is 6. The van der Waals surface area contributed by atoms with Crippen LogP contribution in [0.3, 0.4) is 0 Å². The van der Waals surface area contributed by atoms with Gasteiger partial charge in [0, 0.05) is 0 Å². The number of hydrogen-bond acceptors (Lipinski definition) is 3. The average Bonchev–Trinajstić information content (AvgIpc) is 2.38. The molecule has 0 spiro atoms. The zero-order valence-corrected chi connectivity index (χ0v) is 16.3. The molecule has 0 aromatic heterocycles. The minimum Gasteiger partial charge on any atom is -0.872 e. The summed E-state index contributed by atoms with van der Waals surface area (Å²) in [5.41, 5.74) is 0.982. The molecule has 0 saturated carbocycles. The molecule has 0 aliphatic carbocycles. The van der Waals surface area contributed by atoms with E-state index in [4.69, 9.17) is 17.5 Å². The van der Waals surface area contributed by atoms with Crippen molar-refractivity contribution in [3.8, 4) is 5.75 Å². The number of benzene rings is 1. The molecule has 0 heterocycles. The van der Waals surface area contributed by atoms with Gasteiger partial charge in [-0.2, -0.15) is 8.42 Å². The van der Waals surface area contributed by atoms with Crippen LogP contribution in [-0.2, 0) is 16.8 Å². The molecule has 0 radical (unpaired) electrons. The van der Waals surface area contributed by atoms with Crippen LogP contribution in [-0.4, -0.2) is 17.5 Å². The molecule has 0 aliphatic heterocycles. The molecule has 122 valence electrons. The van der Waals surface area contributed by atoms with E-state index in [-0.39, 0.29) is 35.3 Å². The van der Waals surface area contributed by atoms with Crippen LogP contribution in [0.5, 0.6) is 5.75 Å². The van der Waals surface area contributed by atoms with Gasteiger partial charge in [0.05, 0.1) is 0 Å². The summed E-state index contributed by atoms with van der Waals surface area (Å²) in [5.74, 6) is 0.202. The molecule has 0 saturated heterocycles. The van der Waals surface area contributed by atoms with Crippen molar-refractivity contribution in [2.45, 2.75) is 58.3 Å². The second kappa shape index (κ2) is 14.5. The van der Waals surface area contributed by atoms with E-state index in [9.17, 15) is 5.11 Å². The molecule has 1 aromatic rings. The van der Waals surface area contributed by atoms with E-state index >= 15 is 0 Å². The third-order valence-electron chi connectivity index (χ3n) is 3.02. The molecule has 2 N–H and O–H groups in total. The molecule has 5 nitrogen and oxygen atoms in total. The smallest absolute Gasteiger partial charge is 0.872 e. The normalized spacial score (nSPS) is 10.3. The van der Waals surface area contributed by atoms with Crippen molar-refractivity contribution in [3.05, 3.63) is 29.8 Å². The topological polar surface area (TPSA) is 97.7 Å². The molecule has 0 atom stereocenters. The first-order valence-electron chi connectivity index (χ1n) is 7.29. The first-order valence-corrected chi connectivity index (χ1v) is 8.69. The maximum atomic E-state index is 11.4. The van der Waals surface area contributed by atoms with Crippen molar-refractivity contribution in [1.29, 1.82) is 0 Å². The Labute approximate surface area is 156 Å². The molecule has 0 aliphatic rings. The SMILES string of the molecule is CCCCCCCCCc1ccccc1[O-].O=S(=O)(O)O.[Na+]. The van der Waals surface area contributed by atoms with Crippen molar-refractivity contribution in [3.63, 3.8) is 0 Å². The summed E-state index contributed by atoms with van der Waals surface area (Å²) < 4.78 is 31.6. The summed E-state index contributed by atoms with van der Waals surface area (Å²) in [6.45, 7) is 2.24. The van der Waals surface area contributed by atoms with Crippen LogP contribution in [0.25, 0.3) is 0 Å². The van der Waals surface area contributed by atoms with Gasteiger partial charge in [-0.1, -0.05) is 75.3 Å². The minimum atomic E-state index is -4.67. The molecule has 0 fully saturated rings. The quantitative estimate of drug-likeness (QED) is 0.406. The molecule has 7 heteroatoms. The van der Waals surface area contributed by atoms with Crippen molar-refractivity contribution in [1.82, 2.24) is 0 Å². The Balaban J connectivity index is 0. The number of rotatable bonds is 8. The van der Waals surface area contributed by atoms with Crippen molar-refractivity contribution < 1.29 is 52.2 Å². The minimum absolute atomic E-state index is 0. The van der Waals surface area contributed by atoms with Gasteiger partial charge in [0.25, 0.3) is 0 Å². The Kier molecular flexibility index (Phi) is 15.9. The summed E-state index contributed by atoms with van der Waals surface area (Å²) in [5, 5.41) is 11.4. The van der Waals surface area contributed by atoms with Gasteiger partial charge in [-0.05, 0) is 12.8 Å². The number of hydrogen-bond donors (Lipinski definition) is 2. The summed E-state index contributed by atoms with van der Waals surface area (Å²) in [6.07, 6.45) is 10.1. The third-order valence-corrected chi connectivity index (χ3v) is 3.02. The zero-order valence-electron chi connectivity index (χ0n) is 13.5. The molecule has 1 aromatic carbocycles. The van der Waals surface area contributed by atoms with Crippen LogP contribution in [0.2, 0.25) is 0 Å². The van der Waals surface area contributed by atoms with E-state index in [2.05, 4.69) is 6.92 Å². The Morgan fingerprint density at radius 2 is 1.41 bits per heavy atom. The predicted octanol–water partition coefficient (Wildman–Crippen LogP) is 0.405. The number of para-hydroxylation sites is 1. The van der Waals surface area contributed by atoms with Crippen molar-refractivity contribution in [2.75, 3.05) is 0 Å². The van der Waals surface area contributed by atoms with E-state index in [0.717, 1.165) is 18.4 Å². The van der Waals surface area contributed by atoms with Crippen LogP contribution < -0.4 is 34.7 Å². The molecule has 22 heavy (non-hydrogen) atoms. The fraction of sp³-hybridized carbons (Fsp3) is 0.600. The first-order chi connectivity index (χ1) is 9.84. The second-order valence-electron chi connectivity index (χ2n) is 4.93. The van der Waals surface area contributed by atoms with E-state index < -0.39 is 10.4 Å². The van der Waals surface area contributed by atoms with E-state index in [1.165, 1.54) is 38.5 Å². The molecular weight excluding hydrogens is 315 g/mol. The van der Waals surface area contributed by atoms with Crippen LogP contribution in [0.4, 0.5) is 0 Å². The summed E-state index contributed by atoms with van der Waals surface area (Å²) in [6, 6.07) is 7.39. The van der Waals surface area contributed by atoms with Gasteiger partial charge in [0.2, 0.25) is 0 Å². The van der Waals surface area contributed by atoms with E-state index in [1.54, 1.807) is 6.07 Å². The van der Waals surface area contributed by atoms with Crippen LogP contribution in [0.1, 0.15) is 57.4 Å². The molecule has 0 unspecified atom stereocenters. The predicted molar refractivity (Wildman–Crippen MR) is 81.8 cm³/mol. The zero-order chi connectivity index (χ0) is 16.1. The van der Waals surface area contributed by atoms with Gasteiger partial charge in [-0.25, -0.2) is 0 Å². The molecular formula is C15H25NaO5S. The Morgan fingerprint density at radius 1 is 0.955 bits per heavy atom. The van der Waals surface area contributed by atoms with Crippen molar-refractivity contribution >= 4 is 10.4 Å². The molecule has 1 rings (SSSR count). The van der Waals surface area contributed by atoms with Crippen LogP contribution in [0.15, 0.2) is 24.3 Å². The van der Waals surface area contributed by atoms with Gasteiger partial charge < -0.3 is 5.11 Å². The Hall–Kier alpha value is -0.110. The number of aryl methyl sites for hydroxylation is 1. The summed E-state index contributed by atoms with van der Waals surface area (Å²) in [7, 11) is -4.67. The van der Waals surface area contributed by atoms with Gasteiger partial charge in [0.15, 0.2) is 0 Å². The molecule has 0 bridgehead atoms. The monoisotopic (exact) mass is 340 g/mol. The largest absolute Gasteiger partial charge is 1.00 e. The van der Waals surface area contributed by atoms with Gasteiger partial charge in [-0.3, -0.25) is 9.11 Å². The average molecular weight is 340 g/mol. The van der Waals surface area contributed by atoms with Crippen LogP contribution in [0, 0.1) is 0 Å². The van der Waals surface area contributed by atoms with Gasteiger partial charge in [0.1, 0.15) is 0 Å². The molecule has 0 amide bonds. The maximum Gasteiger partial charge on any atom is 1.00 e. The fourth-order valence-corrected chi connectivity index (χ4v) is 1.98. The fourth-order valence-electron chi connectivity index (χ4n) is 1.98. The van der Waals surface area contributed by atoms with E-state index in [0.29, 0.717) is 0 Å². The van der Waals surface area contributed by atoms with Gasteiger partial charge in [-0.15, -0.1) is 5.75 Å². The van der Waals surface area contributed by atoms with Crippen LogP contribution >= 0.6 is 0 Å². The second-order valence-corrected chi connectivity index (χ2v) is 5.82. The van der Waals surface area contributed by atoms with E-state index in [1.807, 2.05) is 18.2 Å². The summed E-state index contributed by atoms with van der Waals surface area (Å²) in [4.78, 5) is 0. The summed E-state index contributed by atoms with van der Waals surface area (Å²) >= 11 is 0.